The summed E-state index contributed by atoms with van der Waals surface area (Å²) in [6.45, 7) is 11.8. The molecule has 0 amide bonds. The van der Waals surface area contributed by atoms with Crippen LogP contribution in [-0.4, -0.2) is 20.6 Å². The van der Waals surface area contributed by atoms with Gasteiger partial charge in [-0.15, -0.1) is 0 Å². The molecular weight excluding hydrogens is 390 g/mol. The van der Waals surface area contributed by atoms with Crippen LogP contribution >= 0.6 is 11.8 Å². The second-order valence-electron chi connectivity index (χ2n) is 9.01. The molecule has 1 aromatic carbocycles. The Balaban J connectivity index is 2.32. The summed E-state index contributed by atoms with van der Waals surface area (Å²) in [5, 5.41) is 1.17. The van der Waals surface area contributed by atoms with Gasteiger partial charge in [0, 0.05) is 29.4 Å². The summed E-state index contributed by atoms with van der Waals surface area (Å²) in [7, 11) is 0. The van der Waals surface area contributed by atoms with Gasteiger partial charge in [-0.3, -0.25) is 9.59 Å². The molecule has 1 heterocycles. The third kappa shape index (κ3) is 3.94. The van der Waals surface area contributed by atoms with Crippen LogP contribution in [0.25, 0.3) is 10.9 Å². The number of H-pyrrole nitrogens is 1. The summed E-state index contributed by atoms with van der Waals surface area (Å²) in [5.41, 5.74) is 4.50. The molecule has 0 saturated heterocycles. The molecule has 0 saturated carbocycles. The van der Waals surface area contributed by atoms with E-state index in [2.05, 4.69) is 62.3 Å². The topological polar surface area (TPSA) is 49.9 Å². The number of carbonyl (C=O) groups excluding carboxylic acids is 2. The first-order valence-corrected chi connectivity index (χ1v) is 11.6. The third-order valence-electron chi connectivity index (χ3n) is 6.66. The molecule has 4 heteroatoms. The number of aromatic amines is 1. The number of ketones is 1. The number of Topliss-reactive ketones (excluding diaryl/α,β-unsaturated/α-hetero) is 1. The van der Waals surface area contributed by atoms with Crippen molar-refractivity contribution in [3.8, 4) is 0 Å². The molecule has 30 heavy (non-hydrogen) atoms. The van der Waals surface area contributed by atoms with Gasteiger partial charge in [0.1, 0.15) is 5.78 Å². The lowest BCUT2D eigenvalue weighted by atomic mass is 9.59. The van der Waals surface area contributed by atoms with Crippen LogP contribution in [0.2, 0.25) is 0 Å². The third-order valence-corrected chi connectivity index (χ3v) is 7.83. The van der Waals surface area contributed by atoms with E-state index < -0.39 is 4.75 Å². The number of hydrogen-bond donors (Lipinski definition) is 1. The molecule has 1 aromatic heterocycles. The molecule has 3 nitrogen and oxygen atoms in total. The van der Waals surface area contributed by atoms with Crippen molar-refractivity contribution in [1.82, 2.24) is 4.98 Å². The second-order valence-corrected chi connectivity index (χ2v) is 10.7. The van der Waals surface area contributed by atoms with Crippen molar-refractivity contribution in [3.05, 3.63) is 59.3 Å². The average molecular weight is 424 g/mol. The van der Waals surface area contributed by atoms with E-state index in [1.165, 1.54) is 33.9 Å². The summed E-state index contributed by atoms with van der Waals surface area (Å²) < 4.78 is -0.799. The highest BCUT2D eigenvalue weighted by Crippen LogP contribution is 2.53. The van der Waals surface area contributed by atoms with E-state index in [0.29, 0.717) is 6.42 Å². The fourth-order valence-electron chi connectivity index (χ4n) is 5.02. The number of hydrogen-bond acceptors (Lipinski definition) is 3. The molecule has 160 valence electrons. The number of fused-ring (bicyclic) bond motifs is 1. The Kier molecular flexibility index (Phi) is 6.47. The Labute approximate surface area is 184 Å². The highest BCUT2D eigenvalue weighted by molar-refractivity contribution is 8.15. The minimum absolute atomic E-state index is 0.0193. The molecule has 1 aliphatic rings. The van der Waals surface area contributed by atoms with E-state index in [1.807, 2.05) is 13.0 Å². The Hall–Kier alpha value is -2.07. The normalized spacial score (nSPS) is 18.5. The number of nitrogens with one attached hydrogen (secondary N) is 1. The highest BCUT2D eigenvalue weighted by Gasteiger charge is 2.49. The van der Waals surface area contributed by atoms with Crippen LogP contribution in [0.3, 0.4) is 0 Å². The zero-order valence-corrected chi connectivity index (χ0v) is 19.8. The first-order chi connectivity index (χ1) is 14.1. The van der Waals surface area contributed by atoms with Gasteiger partial charge in [-0.05, 0) is 63.2 Å². The lowest BCUT2D eigenvalue weighted by Gasteiger charge is -2.46. The van der Waals surface area contributed by atoms with E-state index >= 15 is 0 Å². The fraction of sp³-hybridized carbons (Fsp3) is 0.462. The van der Waals surface area contributed by atoms with Gasteiger partial charge in [0.05, 0.1) is 4.75 Å². The standard InChI is InChI=1S/C26H33NO2S/c1-17(2)26(22-13-9-7-11-18(22)3,16-25(6,19(4)28)30-20(5)29)23-15-27-24-14-10-8-12-21(23)24/h8,10-15,17,27H,7,9,16H2,1-6H3. The van der Waals surface area contributed by atoms with Gasteiger partial charge in [0.15, 0.2) is 5.12 Å². The van der Waals surface area contributed by atoms with E-state index in [0.717, 1.165) is 18.4 Å². The molecule has 3 rings (SSSR count). The number of para-hydroxylation sites is 1. The molecule has 2 unspecified atom stereocenters. The Morgan fingerprint density at radius 1 is 1.13 bits per heavy atom. The number of allylic oxidation sites excluding steroid dienone is 4. The van der Waals surface area contributed by atoms with E-state index in [1.54, 1.807) is 13.8 Å². The van der Waals surface area contributed by atoms with Gasteiger partial charge in [0.2, 0.25) is 0 Å². The molecule has 2 atom stereocenters. The first kappa shape index (κ1) is 22.6. The summed E-state index contributed by atoms with van der Waals surface area (Å²) >= 11 is 1.18. The van der Waals surface area contributed by atoms with E-state index in [9.17, 15) is 9.59 Å². The van der Waals surface area contributed by atoms with Gasteiger partial charge < -0.3 is 4.98 Å². The van der Waals surface area contributed by atoms with Gasteiger partial charge in [0.25, 0.3) is 0 Å². The lowest BCUT2D eigenvalue weighted by molar-refractivity contribution is -0.120. The van der Waals surface area contributed by atoms with Crippen LogP contribution in [0.5, 0.6) is 0 Å². The van der Waals surface area contributed by atoms with Crippen LogP contribution in [0.15, 0.2) is 53.8 Å². The molecule has 2 aromatic rings. The number of carbonyl (C=O) groups is 2. The van der Waals surface area contributed by atoms with E-state index in [4.69, 9.17) is 0 Å². The van der Waals surface area contributed by atoms with Gasteiger partial charge in [-0.25, -0.2) is 0 Å². The minimum atomic E-state index is -0.799. The zero-order chi connectivity index (χ0) is 22.1. The van der Waals surface area contributed by atoms with E-state index in [-0.39, 0.29) is 22.2 Å². The van der Waals surface area contributed by atoms with Crippen molar-refractivity contribution in [2.75, 3.05) is 0 Å². The van der Waals surface area contributed by atoms with Crippen molar-refractivity contribution in [3.63, 3.8) is 0 Å². The lowest BCUT2D eigenvalue weighted by Crippen LogP contribution is -2.45. The van der Waals surface area contributed by atoms with Crippen molar-refractivity contribution < 1.29 is 9.59 Å². The number of rotatable bonds is 7. The maximum atomic E-state index is 12.9. The molecule has 0 spiro atoms. The van der Waals surface area contributed by atoms with Crippen molar-refractivity contribution in [2.45, 2.75) is 71.0 Å². The van der Waals surface area contributed by atoms with Gasteiger partial charge >= 0.3 is 0 Å². The zero-order valence-electron chi connectivity index (χ0n) is 19.0. The molecule has 0 bridgehead atoms. The van der Waals surface area contributed by atoms with Crippen molar-refractivity contribution >= 4 is 33.6 Å². The second kappa shape index (κ2) is 8.58. The first-order valence-electron chi connectivity index (χ1n) is 10.8. The average Bonchev–Trinajstić information content (AvgIpc) is 3.10. The molecule has 0 radical (unpaired) electrons. The molecule has 0 fully saturated rings. The molecule has 1 N–H and O–H groups in total. The Morgan fingerprint density at radius 3 is 2.40 bits per heavy atom. The van der Waals surface area contributed by atoms with Crippen LogP contribution in [0.1, 0.15) is 66.4 Å². The highest BCUT2D eigenvalue weighted by atomic mass is 32.2. The maximum absolute atomic E-state index is 12.9. The van der Waals surface area contributed by atoms with Crippen LogP contribution in [0.4, 0.5) is 0 Å². The van der Waals surface area contributed by atoms with Crippen LogP contribution in [0, 0.1) is 5.92 Å². The Morgan fingerprint density at radius 2 is 1.80 bits per heavy atom. The molecule has 1 aliphatic carbocycles. The van der Waals surface area contributed by atoms with Gasteiger partial charge in [-0.2, -0.15) is 0 Å². The fourth-order valence-corrected chi connectivity index (χ4v) is 6.09. The number of aromatic nitrogens is 1. The van der Waals surface area contributed by atoms with Gasteiger partial charge in [-0.1, -0.05) is 61.5 Å². The smallest absolute Gasteiger partial charge is 0.186 e. The SMILES string of the molecule is CC(=O)SC(C)(CC(C1=CCCC=C1C)(c1c[nH]c2ccccc12)C(C)C)C(C)=O. The Bertz CT molecular complexity index is 1030. The maximum Gasteiger partial charge on any atom is 0.186 e. The monoisotopic (exact) mass is 423 g/mol. The van der Waals surface area contributed by atoms with Crippen molar-refractivity contribution in [2.24, 2.45) is 5.92 Å². The predicted molar refractivity (Wildman–Crippen MR) is 128 cm³/mol. The predicted octanol–water partition coefficient (Wildman–Crippen LogP) is 6.75. The molecule has 0 aliphatic heterocycles. The summed E-state index contributed by atoms with van der Waals surface area (Å²) in [6, 6.07) is 8.35. The quantitative estimate of drug-likeness (QED) is 0.536. The minimum Gasteiger partial charge on any atom is -0.361 e. The van der Waals surface area contributed by atoms with Crippen LogP contribution < -0.4 is 0 Å². The van der Waals surface area contributed by atoms with Crippen LogP contribution in [-0.2, 0) is 15.0 Å². The summed E-state index contributed by atoms with van der Waals surface area (Å²) in [4.78, 5) is 28.5. The number of benzene rings is 1. The largest absolute Gasteiger partial charge is 0.361 e. The molecular formula is C26H33NO2S. The summed E-state index contributed by atoms with van der Waals surface area (Å²) in [6.07, 6.45) is 9.41. The summed E-state index contributed by atoms with van der Waals surface area (Å²) in [5.74, 6) is 0.279. The number of thioether (sulfide) groups is 1. The van der Waals surface area contributed by atoms with Crippen molar-refractivity contribution in [1.29, 1.82) is 0 Å².